The van der Waals surface area contributed by atoms with Crippen LogP contribution in [0.1, 0.15) is 43.2 Å². The SMILES string of the molecule is COCCN(Cc1cc2c(-c3ccccc3)cc(=O)oc2c(C)c1O)C[C@@H]1CCCN2CCCC[C@H]12. The fraction of sp³-hybridized carbons (Fsp3) is 0.500. The molecule has 0 bridgehead atoms. The summed E-state index contributed by atoms with van der Waals surface area (Å²) in [6.07, 6.45) is 6.47. The lowest BCUT2D eigenvalue weighted by molar-refractivity contribution is 0.0335. The Hall–Kier alpha value is -2.67. The largest absolute Gasteiger partial charge is 0.507 e. The molecule has 0 saturated carbocycles. The quantitative estimate of drug-likeness (QED) is 0.439. The summed E-state index contributed by atoms with van der Waals surface area (Å²) in [6.45, 7) is 7.39. The maximum absolute atomic E-state index is 12.4. The lowest BCUT2D eigenvalue weighted by Gasteiger charge is -2.45. The highest BCUT2D eigenvalue weighted by molar-refractivity contribution is 5.96. The van der Waals surface area contributed by atoms with Crippen molar-refractivity contribution in [2.45, 2.75) is 51.6 Å². The van der Waals surface area contributed by atoms with Crippen LogP contribution in [0.25, 0.3) is 22.1 Å². The van der Waals surface area contributed by atoms with Crippen LogP contribution < -0.4 is 5.63 Å². The average Bonchev–Trinajstić information content (AvgIpc) is 2.91. The first kappa shape index (κ1) is 25.0. The monoisotopic (exact) mass is 490 g/mol. The molecule has 0 amide bonds. The predicted molar refractivity (Wildman–Crippen MR) is 143 cm³/mol. The van der Waals surface area contributed by atoms with E-state index < -0.39 is 5.63 Å². The van der Waals surface area contributed by atoms with E-state index in [1.54, 1.807) is 13.2 Å². The number of fused-ring (bicyclic) bond motifs is 2. The van der Waals surface area contributed by atoms with E-state index in [1.165, 1.54) is 45.2 Å². The lowest BCUT2D eigenvalue weighted by Crippen LogP contribution is -2.51. The Morgan fingerprint density at radius 3 is 2.72 bits per heavy atom. The first-order chi connectivity index (χ1) is 17.5. The second-order valence-corrected chi connectivity index (χ2v) is 10.5. The molecule has 0 spiro atoms. The Morgan fingerprint density at radius 2 is 1.92 bits per heavy atom. The molecule has 2 aromatic carbocycles. The third-order valence-electron chi connectivity index (χ3n) is 8.13. The molecule has 5 rings (SSSR count). The maximum Gasteiger partial charge on any atom is 0.336 e. The van der Waals surface area contributed by atoms with Crippen molar-refractivity contribution in [3.05, 3.63) is 64.0 Å². The van der Waals surface area contributed by atoms with E-state index in [4.69, 9.17) is 9.15 Å². The zero-order chi connectivity index (χ0) is 25.1. The third kappa shape index (κ3) is 5.22. The molecule has 0 unspecified atom stereocenters. The summed E-state index contributed by atoms with van der Waals surface area (Å²) in [5, 5.41) is 12.0. The molecular weight excluding hydrogens is 452 g/mol. The third-order valence-corrected chi connectivity index (χ3v) is 8.13. The maximum atomic E-state index is 12.4. The van der Waals surface area contributed by atoms with E-state index in [0.29, 0.717) is 36.3 Å². The topological polar surface area (TPSA) is 66.1 Å². The highest BCUT2D eigenvalue weighted by atomic mass is 16.5. The number of hydrogen-bond acceptors (Lipinski definition) is 6. The molecule has 6 nitrogen and oxygen atoms in total. The van der Waals surface area contributed by atoms with Gasteiger partial charge in [0, 0.05) is 55.4 Å². The highest BCUT2D eigenvalue weighted by Crippen LogP contribution is 2.37. The Bertz CT molecular complexity index is 1240. The van der Waals surface area contributed by atoms with Gasteiger partial charge in [0.1, 0.15) is 11.3 Å². The molecule has 6 heteroatoms. The van der Waals surface area contributed by atoms with Crippen molar-refractivity contribution in [1.29, 1.82) is 0 Å². The average molecular weight is 491 g/mol. The summed E-state index contributed by atoms with van der Waals surface area (Å²) in [5.74, 6) is 0.846. The normalized spacial score (nSPS) is 20.6. The number of hydrogen-bond donors (Lipinski definition) is 1. The van der Waals surface area contributed by atoms with Crippen LogP contribution in [0.3, 0.4) is 0 Å². The Balaban J connectivity index is 1.49. The summed E-state index contributed by atoms with van der Waals surface area (Å²) in [4.78, 5) is 17.5. The summed E-state index contributed by atoms with van der Waals surface area (Å²) < 4.78 is 11.0. The van der Waals surface area contributed by atoms with E-state index in [9.17, 15) is 9.90 Å². The summed E-state index contributed by atoms with van der Waals surface area (Å²) in [6, 6.07) is 14.1. The van der Waals surface area contributed by atoms with Crippen molar-refractivity contribution >= 4 is 11.0 Å². The lowest BCUT2D eigenvalue weighted by atomic mass is 9.83. The van der Waals surface area contributed by atoms with E-state index in [1.807, 2.05) is 43.3 Å². The summed E-state index contributed by atoms with van der Waals surface area (Å²) in [5.41, 5.74) is 3.31. The summed E-state index contributed by atoms with van der Waals surface area (Å²) in [7, 11) is 1.74. The molecule has 2 atom stereocenters. The van der Waals surface area contributed by atoms with Crippen LogP contribution in [0.4, 0.5) is 0 Å². The van der Waals surface area contributed by atoms with Gasteiger partial charge in [-0.15, -0.1) is 0 Å². The van der Waals surface area contributed by atoms with Gasteiger partial charge in [-0.1, -0.05) is 36.8 Å². The minimum Gasteiger partial charge on any atom is -0.507 e. The predicted octanol–water partition coefficient (Wildman–Crippen LogP) is 5.19. The molecule has 2 aliphatic rings. The van der Waals surface area contributed by atoms with Crippen molar-refractivity contribution in [2.24, 2.45) is 5.92 Å². The van der Waals surface area contributed by atoms with Crippen molar-refractivity contribution < 1.29 is 14.3 Å². The van der Waals surface area contributed by atoms with E-state index in [2.05, 4.69) is 9.80 Å². The fourth-order valence-corrected chi connectivity index (χ4v) is 6.31. The van der Waals surface area contributed by atoms with Gasteiger partial charge in [0.25, 0.3) is 0 Å². The molecule has 3 heterocycles. The molecule has 192 valence electrons. The van der Waals surface area contributed by atoms with Gasteiger partial charge in [-0.3, -0.25) is 4.90 Å². The van der Waals surface area contributed by atoms with E-state index in [0.717, 1.165) is 35.2 Å². The standard InChI is InChI=1S/C30H38N2O4/c1-21-29(34)24(17-26-25(18-28(33)36-30(21)26)22-9-4-3-5-10-22)20-31(15-16-35-2)19-23-11-8-14-32-13-7-6-12-27(23)32/h3-5,9-10,17-18,23,27,34H,6-8,11-16,19-20H2,1-2H3/t23-,27+/m0/s1. The van der Waals surface area contributed by atoms with Gasteiger partial charge in [-0.25, -0.2) is 4.79 Å². The molecule has 0 aliphatic carbocycles. The Labute approximate surface area is 213 Å². The first-order valence-electron chi connectivity index (χ1n) is 13.3. The second kappa shape index (κ2) is 11.2. The number of benzene rings is 2. The van der Waals surface area contributed by atoms with Crippen molar-refractivity contribution in [3.63, 3.8) is 0 Å². The van der Waals surface area contributed by atoms with Crippen LogP contribution in [0.5, 0.6) is 5.75 Å². The molecule has 0 radical (unpaired) electrons. The Morgan fingerprint density at radius 1 is 1.11 bits per heavy atom. The van der Waals surface area contributed by atoms with Crippen LogP contribution in [0.15, 0.2) is 51.7 Å². The van der Waals surface area contributed by atoms with Gasteiger partial charge < -0.3 is 19.2 Å². The number of rotatable bonds is 8. The van der Waals surface area contributed by atoms with Gasteiger partial charge in [0.05, 0.1) is 6.61 Å². The summed E-state index contributed by atoms with van der Waals surface area (Å²) >= 11 is 0. The number of phenols is 1. The van der Waals surface area contributed by atoms with Gasteiger partial charge in [-0.2, -0.15) is 0 Å². The van der Waals surface area contributed by atoms with Crippen LogP contribution >= 0.6 is 0 Å². The van der Waals surface area contributed by atoms with Gasteiger partial charge >= 0.3 is 5.63 Å². The van der Waals surface area contributed by atoms with E-state index in [-0.39, 0.29) is 5.75 Å². The zero-order valence-corrected chi connectivity index (χ0v) is 21.5. The number of phenolic OH excluding ortho intramolecular Hbond substituents is 1. The Kier molecular flexibility index (Phi) is 7.75. The fourth-order valence-electron chi connectivity index (χ4n) is 6.31. The molecule has 1 aromatic heterocycles. The van der Waals surface area contributed by atoms with Crippen LogP contribution in [0, 0.1) is 12.8 Å². The number of ether oxygens (including phenoxy) is 1. The first-order valence-corrected chi connectivity index (χ1v) is 13.3. The number of aromatic hydroxyl groups is 1. The highest BCUT2D eigenvalue weighted by Gasteiger charge is 2.34. The van der Waals surface area contributed by atoms with Crippen molar-refractivity contribution in [1.82, 2.24) is 9.80 Å². The van der Waals surface area contributed by atoms with Crippen LogP contribution in [-0.4, -0.2) is 60.8 Å². The molecule has 36 heavy (non-hydrogen) atoms. The van der Waals surface area contributed by atoms with Crippen molar-refractivity contribution in [3.8, 4) is 16.9 Å². The number of nitrogens with zero attached hydrogens (tertiary/aromatic N) is 2. The molecule has 3 aromatic rings. The number of aryl methyl sites for hydroxylation is 1. The van der Waals surface area contributed by atoms with Crippen LogP contribution in [0.2, 0.25) is 0 Å². The van der Waals surface area contributed by atoms with Gasteiger partial charge in [-0.05, 0) is 68.8 Å². The van der Waals surface area contributed by atoms with Crippen LogP contribution in [-0.2, 0) is 11.3 Å². The van der Waals surface area contributed by atoms with Gasteiger partial charge in [0.2, 0.25) is 0 Å². The molecule has 2 fully saturated rings. The molecular formula is C30H38N2O4. The van der Waals surface area contributed by atoms with Crippen molar-refractivity contribution in [2.75, 3.05) is 39.9 Å². The second-order valence-electron chi connectivity index (χ2n) is 10.5. The minimum atomic E-state index is -0.410. The molecule has 2 aliphatic heterocycles. The molecule has 2 saturated heterocycles. The number of piperidine rings is 2. The van der Waals surface area contributed by atoms with E-state index >= 15 is 0 Å². The molecule has 1 N–H and O–H groups in total. The smallest absolute Gasteiger partial charge is 0.336 e. The number of methoxy groups -OCH3 is 1. The minimum absolute atomic E-state index is 0.209. The van der Waals surface area contributed by atoms with Gasteiger partial charge in [0.15, 0.2) is 0 Å². The zero-order valence-electron chi connectivity index (χ0n) is 21.5.